The molecule has 1 rings (SSSR count). The van der Waals surface area contributed by atoms with Gasteiger partial charge >= 0.3 is 0 Å². The van der Waals surface area contributed by atoms with Crippen LogP contribution < -0.4 is 0 Å². The van der Waals surface area contributed by atoms with Crippen LogP contribution in [0.3, 0.4) is 0 Å². The minimum atomic E-state index is 0.174. The van der Waals surface area contributed by atoms with Gasteiger partial charge in [-0.05, 0) is 11.8 Å². The lowest BCUT2D eigenvalue weighted by Crippen LogP contribution is -2.44. The standard InChI is InChI=1S/C10H17NO/c1-9(2,3)6-10(4-5-11)7-12-8-10/h4,6-8H2,1-3H3. The molecule has 0 atom stereocenters. The van der Waals surface area contributed by atoms with Crippen LogP contribution in [0.4, 0.5) is 0 Å². The molecule has 1 saturated heterocycles. The molecule has 0 N–H and O–H groups in total. The maximum absolute atomic E-state index is 8.66. The van der Waals surface area contributed by atoms with Gasteiger partial charge in [0.25, 0.3) is 0 Å². The van der Waals surface area contributed by atoms with Gasteiger partial charge in [0, 0.05) is 11.8 Å². The van der Waals surface area contributed by atoms with Gasteiger partial charge in [-0.15, -0.1) is 0 Å². The number of ether oxygens (including phenoxy) is 1. The van der Waals surface area contributed by atoms with E-state index >= 15 is 0 Å². The van der Waals surface area contributed by atoms with Gasteiger partial charge in [0.1, 0.15) is 0 Å². The first-order valence-electron chi connectivity index (χ1n) is 4.42. The van der Waals surface area contributed by atoms with Crippen molar-refractivity contribution >= 4 is 0 Å². The van der Waals surface area contributed by atoms with Crippen LogP contribution in [0.15, 0.2) is 0 Å². The zero-order chi connectivity index (χ0) is 9.24. The van der Waals surface area contributed by atoms with E-state index in [2.05, 4.69) is 26.8 Å². The molecule has 0 aliphatic carbocycles. The molecule has 0 spiro atoms. The minimum absolute atomic E-state index is 0.174. The molecule has 12 heavy (non-hydrogen) atoms. The monoisotopic (exact) mass is 167 g/mol. The lowest BCUT2D eigenvalue weighted by Gasteiger charge is -2.43. The third kappa shape index (κ3) is 2.22. The van der Waals surface area contributed by atoms with Crippen molar-refractivity contribution < 1.29 is 4.74 Å². The summed E-state index contributed by atoms with van der Waals surface area (Å²) in [6, 6.07) is 2.25. The van der Waals surface area contributed by atoms with E-state index in [4.69, 9.17) is 10.00 Å². The van der Waals surface area contributed by atoms with Crippen LogP contribution >= 0.6 is 0 Å². The lowest BCUT2D eigenvalue weighted by molar-refractivity contribution is -0.127. The summed E-state index contributed by atoms with van der Waals surface area (Å²) >= 11 is 0. The number of hydrogen-bond donors (Lipinski definition) is 0. The van der Waals surface area contributed by atoms with Gasteiger partial charge in [0.05, 0.1) is 19.3 Å². The highest BCUT2D eigenvalue weighted by atomic mass is 16.5. The van der Waals surface area contributed by atoms with E-state index in [-0.39, 0.29) is 5.41 Å². The minimum Gasteiger partial charge on any atom is -0.380 e. The van der Waals surface area contributed by atoms with Gasteiger partial charge in [0.15, 0.2) is 0 Å². The zero-order valence-electron chi connectivity index (χ0n) is 8.18. The molecular formula is C10H17NO. The SMILES string of the molecule is CC(C)(C)CC1(CC#N)COC1. The first-order chi connectivity index (χ1) is 5.47. The first kappa shape index (κ1) is 9.54. The smallest absolute Gasteiger partial charge is 0.0629 e. The van der Waals surface area contributed by atoms with Gasteiger partial charge in [-0.3, -0.25) is 0 Å². The Morgan fingerprint density at radius 3 is 2.25 bits per heavy atom. The van der Waals surface area contributed by atoms with Crippen molar-refractivity contribution in [3.05, 3.63) is 0 Å². The number of nitriles is 1. The predicted octanol–water partition coefficient (Wildman–Crippen LogP) is 2.35. The quantitative estimate of drug-likeness (QED) is 0.632. The normalized spacial score (nSPS) is 21.2. The summed E-state index contributed by atoms with van der Waals surface area (Å²) in [5, 5.41) is 8.66. The Balaban J connectivity index is 2.52. The summed E-state index contributed by atoms with van der Waals surface area (Å²) in [4.78, 5) is 0. The number of rotatable bonds is 2. The molecule has 0 aromatic rings. The largest absolute Gasteiger partial charge is 0.380 e. The number of hydrogen-bond acceptors (Lipinski definition) is 2. The van der Waals surface area contributed by atoms with Crippen LogP contribution in [0.5, 0.6) is 0 Å². The van der Waals surface area contributed by atoms with Crippen molar-refractivity contribution in [2.75, 3.05) is 13.2 Å². The van der Waals surface area contributed by atoms with E-state index in [1.165, 1.54) is 0 Å². The Bertz CT molecular complexity index is 193. The molecule has 1 aliphatic heterocycles. The average molecular weight is 167 g/mol. The van der Waals surface area contributed by atoms with E-state index in [9.17, 15) is 0 Å². The Hall–Kier alpha value is -0.550. The van der Waals surface area contributed by atoms with Crippen molar-refractivity contribution in [3.8, 4) is 6.07 Å². The van der Waals surface area contributed by atoms with E-state index in [1.54, 1.807) is 0 Å². The van der Waals surface area contributed by atoms with E-state index in [1.807, 2.05) is 0 Å². The maximum atomic E-state index is 8.66. The second-order valence-corrected chi connectivity index (χ2v) is 5.07. The second-order valence-electron chi connectivity index (χ2n) is 5.07. The fourth-order valence-corrected chi connectivity index (χ4v) is 1.95. The van der Waals surface area contributed by atoms with Crippen LogP contribution in [0.2, 0.25) is 0 Å². The molecule has 1 aliphatic rings. The highest BCUT2D eigenvalue weighted by Gasteiger charge is 2.41. The Morgan fingerprint density at radius 2 is 2.00 bits per heavy atom. The van der Waals surface area contributed by atoms with E-state index < -0.39 is 0 Å². The molecule has 68 valence electrons. The molecule has 1 fully saturated rings. The summed E-state index contributed by atoms with van der Waals surface area (Å²) in [6.45, 7) is 8.19. The van der Waals surface area contributed by atoms with Crippen molar-refractivity contribution in [2.45, 2.75) is 33.6 Å². The molecule has 0 unspecified atom stereocenters. The van der Waals surface area contributed by atoms with Crippen LogP contribution in [0.1, 0.15) is 33.6 Å². The molecule has 0 amide bonds. The number of nitrogens with zero attached hydrogens (tertiary/aromatic N) is 1. The third-order valence-electron chi connectivity index (χ3n) is 2.18. The molecular weight excluding hydrogens is 150 g/mol. The molecule has 2 heteroatoms. The molecule has 0 saturated carbocycles. The van der Waals surface area contributed by atoms with Crippen LogP contribution in [0, 0.1) is 22.2 Å². The van der Waals surface area contributed by atoms with Crippen molar-refractivity contribution in [1.82, 2.24) is 0 Å². The summed E-state index contributed by atoms with van der Waals surface area (Å²) in [7, 11) is 0. The van der Waals surface area contributed by atoms with Crippen LogP contribution in [0.25, 0.3) is 0 Å². The summed E-state index contributed by atoms with van der Waals surface area (Å²) in [5.74, 6) is 0. The van der Waals surface area contributed by atoms with Gasteiger partial charge in [-0.2, -0.15) is 5.26 Å². The first-order valence-corrected chi connectivity index (χ1v) is 4.42. The summed E-state index contributed by atoms with van der Waals surface area (Å²) in [5.41, 5.74) is 0.480. The molecule has 0 radical (unpaired) electrons. The van der Waals surface area contributed by atoms with E-state index in [0.717, 1.165) is 19.6 Å². The lowest BCUT2D eigenvalue weighted by atomic mass is 9.71. The molecule has 0 bridgehead atoms. The van der Waals surface area contributed by atoms with Gasteiger partial charge in [-0.1, -0.05) is 20.8 Å². The zero-order valence-corrected chi connectivity index (χ0v) is 8.18. The van der Waals surface area contributed by atoms with Gasteiger partial charge < -0.3 is 4.74 Å². The van der Waals surface area contributed by atoms with Crippen LogP contribution in [-0.4, -0.2) is 13.2 Å². The topological polar surface area (TPSA) is 33.0 Å². The Labute approximate surface area is 74.5 Å². The molecule has 0 aromatic carbocycles. The molecule has 2 nitrogen and oxygen atoms in total. The van der Waals surface area contributed by atoms with Crippen molar-refractivity contribution in [2.24, 2.45) is 10.8 Å². The molecule has 0 aromatic heterocycles. The van der Waals surface area contributed by atoms with Gasteiger partial charge in [-0.25, -0.2) is 0 Å². The Kier molecular flexibility index (Phi) is 2.44. The summed E-state index contributed by atoms with van der Waals surface area (Å²) in [6.07, 6.45) is 1.73. The summed E-state index contributed by atoms with van der Waals surface area (Å²) < 4.78 is 5.19. The maximum Gasteiger partial charge on any atom is 0.0629 e. The predicted molar refractivity (Wildman–Crippen MR) is 47.6 cm³/mol. The van der Waals surface area contributed by atoms with Crippen LogP contribution in [-0.2, 0) is 4.74 Å². The Morgan fingerprint density at radius 1 is 1.42 bits per heavy atom. The fourth-order valence-electron chi connectivity index (χ4n) is 1.95. The van der Waals surface area contributed by atoms with Crippen molar-refractivity contribution in [1.29, 1.82) is 5.26 Å². The fraction of sp³-hybridized carbons (Fsp3) is 0.900. The third-order valence-corrected chi connectivity index (χ3v) is 2.18. The second kappa shape index (κ2) is 3.06. The van der Waals surface area contributed by atoms with Gasteiger partial charge in [0.2, 0.25) is 0 Å². The van der Waals surface area contributed by atoms with Crippen molar-refractivity contribution in [3.63, 3.8) is 0 Å². The average Bonchev–Trinajstić information content (AvgIpc) is 1.80. The molecule has 1 heterocycles. The highest BCUT2D eigenvalue weighted by Crippen LogP contribution is 2.41. The van der Waals surface area contributed by atoms with E-state index in [0.29, 0.717) is 11.8 Å². The highest BCUT2D eigenvalue weighted by molar-refractivity contribution is 4.95.